The van der Waals surface area contributed by atoms with Crippen LogP contribution in [0.3, 0.4) is 0 Å². The third-order valence-electron chi connectivity index (χ3n) is 7.21. The van der Waals surface area contributed by atoms with Gasteiger partial charge in [0.05, 0.1) is 41.6 Å². The molecule has 1 amide bonds. The Balaban J connectivity index is 1.60. The van der Waals surface area contributed by atoms with Gasteiger partial charge in [0.25, 0.3) is 5.69 Å². The lowest BCUT2D eigenvalue weighted by atomic mass is 9.96. The minimum Gasteiger partial charge on any atom is -0.494 e. The zero-order chi connectivity index (χ0) is 30.0. The maximum atomic E-state index is 12.0. The van der Waals surface area contributed by atoms with Crippen LogP contribution in [0.25, 0.3) is 5.69 Å². The molecule has 1 aliphatic heterocycles. The molecule has 2 atom stereocenters. The van der Waals surface area contributed by atoms with Gasteiger partial charge in [0.15, 0.2) is 5.11 Å². The zero-order valence-corrected chi connectivity index (χ0v) is 24.3. The number of nitro benzene ring substituents is 1. The Labute approximate surface area is 248 Å². The summed E-state index contributed by atoms with van der Waals surface area (Å²) in [7, 11) is 2.97. The third kappa shape index (κ3) is 5.41. The second-order valence-corrected chi connectivity index (χ2v) is 10.2. The number of aryl methyl sites for hydroxylation is 1. The highest BCUT2D eigenvalue weighted by molar-refractivity contribution is 7.80. The lowest BCUT2D eigenvalue weighted by molar-refractivity contribution is -0.384. The summed E-state index contributed by atoms with van der Waals surface area (Å²) in [6.07, 6.45) is 1.75. The number of pyridine rings is 1. The van der Waals surface area contributed by atoms with Crippen LogP contribution in [-0.2, 0) is 9.53 Å². The van der Waals surface area contributed by atoms with E-state index in [2.05, 4.69) is 26.6 Å². The Morgan fingerprint density at radius 1 is 1.12 bits per heavy atom. The lowest BCUT2D eigenvalue weighted by Gasteiger charge is -2.28. The molecule has 0 aliphatic carbocycles. The number of carbonyl (C=O) groups excluding carboxylic acids is 1. The molecule has 216 valence electrons. The van der Waals surface area contributed by atoms with E-state index in [4.69, 9.17) is 21.7 Å². The number of ether oxygens (including phenoxy) is 2. The van der Waals surface area contributed by atoms with Crippen molar-refractivity contribution in [3.8, 4) is 11.4 Å². The maximum absolute atomic E-state index is 12.0. The predicted molar refractivity (Wildman–Crippen MR) is 163 cm³/mol. The van der Waals surface area contributed by atoms with E-state index in [9.17, 15) is 14.9 Å². The third-order valence-corrected chi connectivity index (χ3v) is 7.52. The zero-order valence-electron chi connectivity index (χ0n) is 23.5. The number of anilines is 2. The van der Waals surface area contributed by atoms with Crippen LogP contribution in [-0.4, -0.2) is 46.3 Å². The summed E-state index contributed by atoms with van der Waals surface area (Å²) in [6, 6.07) is 19.4. The molecule has 3 heterocycles. The Hall–Kier alpha value is -4.81. The summed E-state index contributed by atoms with van der Waals surface area (Å²) in [6.45, 7) is 3.95. The first-order chi connectivity index (χ1) is 20.2. The molecule has 42 heavy (non-hydrogen) atoms. The highest BCUT2D eigenvalue weighted by atomic mass is 32.1. The summed E-state index contributed by atoms with van der Waals surface area (Å²) in [5.41, 5.74) is 5.77. The molecule has 1 aliphatic rings. The first-order valence-corrected chi connectivity index (χ1v) is 13.6. The summed E-state index contributed by atoms with van der Waals surface area (Å²) in [5.74, 6) is 0.146. The van der Waals surface area contributed by atoms with E-state index in [0.29, 0.717) is 22.2 Å². The number of non-ortho nitro benzene ring substituents is 1. The van der Waals surface area contributed by atoms with Gasteiger partial charge in [-0.25, -0.2) is 0 Å². The minimum absolute atomic E-state index is 0.0368. The van der Waals surface area contributed by atoms with Gasteiger partial charge >= 0.3 is 0 Å². The molecule has 0 spiro atoms. The number of aromatic nitrogens is 2. The molecule has 2 unspecified atom stereocenters. The molecular weight excluding hydrogens is 556 g/mol. The largest absolute Gasteiger partial charge is 0.494 e. The maximum Gasteiger partial charge on any atom is 0.273 e. The Morgan fingerprint density at radius 2 is 1.88 bits per heavy atom. The molecule has 2 aromatic carbocycles. The number of rotatable bonds is 9. The average Bonchev–Trinajstić information content (AvgIpc) is 3.48. The molecule has 1 saturated heterocycles. The number of nitrogens with one attached hydrogen (secondary N) is 2. The Kier molecular flexibility index (Phi) is 8.18. The van der Waals surface area contributed by atoms with E-state index in [-0.39, 0.29) is 30.3 Å². The predicted octanol–water partition coefficient (Wildman–Crippen LogP) is 5.17. The first-order valence-electron chi connectivity index (χ1n) is 13.1. The van der Waals surface area contributed by atoms with Gasteiger partial charge in [0.1, 0.15) is 12.4 Å². The number of hydrogen-bond donors (Lipinski definition) is 2. The highest BCUT2D eigenvalue weighted by Crippen LogP contribution is 2.44. The van der Waals surface area contributed by atoms with Gasteiger partial charge in [-0.1, -0.05) is 6.07 Å². The summed E-state index contributed by atoms with van der Waals surface area (Å²) in [5, 5.41) is 18.2. The fraction of sp³-hybridized carbons (Fsp3) is 0.233. The summed E-state index contributed by atoms with van der Waals surface area (Å²) >= 11 is 5.88. The first kappa shape index (κ1) is 28.7. The van der Waals surface area contributed by atoms with Gasteiger partial charge < -0.3 is 29.6 Å². The monoisotopic (exact) mass is 586 g/mol. The van der Waals surface area contributed by atoms with Crippen molar-refractivity contribution in [2.75, 3.05) is 31.0 Å². The van der Waals surface area contributed by atoms with E-state index in [1.807, 2.05) is 60.9 Å². The van der Waals surface area contributed by atoms with Crippen LogP contribution in [0.15, 0.2) is 72.9 Å². The fourth-order valence-electron chi connectivity index (χ4n) is 5.40. The number of nitro groups is 1. The molecule has 2 N–H and O–H groups in total. The van der Waals surface area contributed by atoms with Crippen LogP contribution in [0.1, 0.15) is 34.7 Å². The van der Waals surface area contributed by atoms with Crippen molar-refractivity contribution in [2.45, 2.75) is 25.9 Å². The quantitative estimate of drug-likeness (QED) is 0.155. The molecule has 5 rings (SSSR count). The van der Waals surface area contributed by atoms with Crippen molar-refractivity contribution in [1.29, 1.82) is 0 Å². The minimum atomic E-state index is -0.443. The van der Waals surface area contributed by atoms with Gasteiger partial charge in [0.2, 0.25) is 5.91 Å². The van der Waals surface area contributed by atoms with E-state index in [1.54, 1.807) is 12.3 Å². The van der Waals surface area contributed by atoms with Crippen molar-refractivity contribution in [3.63, 3.8) is 0 Å². The van der Waals surface area contributed by atoms with E-state index >= 15 is 0 Å². The van der Waals surface area contributed by atoms with Crippen LogP contribution in [0.2, 0.25) is 0 Å². The summed E-state index contributed by atoms with van der Waals surface area (Å²) < 4.78 is 12.5. The molecule has 11 nitrogen and oxygen atoms in total. The van der Waals surface area contributed by atoms with Crippen molar-refractivity contribution >= 4 is 40.3 Å². The van der Waals surface area contributed by atoms with Crippen molar-refractivity contribution in [1.82, 2.24) is 14.9 Å². The van der Waals surface area contributed by atoms with Crippen LogP contribution >= 0.6 is 12.2 Å². The second-order valence-electron chi connectivity index (χ2n) is 9.80. The number of benzene rings is 2. The Morgan fingerprint density at radius 3 is 2.52 bits per heavy atom. The van der Waals surface area contributed by atoms with Crippen molar-refractivity contribution < 1.29 is 19.2 Å². The Bertz CT molecular complexity index is 1640. The molecule has 0 bridgehead atoms. The fourth-order valence-corrected chi connectivity index (χ4v) is 5.75. The van der Waals surface area contributed by atoms with Gasteiger partial charge in [-0.05, 0) is 80.2 Å². The molecule has 4 aromatic rings. The van der Waals surface area contributed by atoms with E-state index in [1.165, 1.54) is 26.4 Å². The number of carbonyl (C=O) groups is 1. The smallest absolute Gasteiger partial charge is 0.273 e. The van der Waals surface area contributed by atoms with Gasteiger partial charge in [0, 0.05) is 42.1 Å². The normalized spacial score (nSPS) is 16.3. The molecule has 0 radical (unpaired) electrons. The van der Waals surface area contributed by atoms with Gasteiger partial charge in [-0.15, -0.1) is 0 Å². The van der Waals surface area contributed by atoms with E-state index < -0.39 is 4.92 Å². The second kappa shape index (κ2) is 12.0. The number of nitrogens with zero attached hydrogens (tertiary/aromatic N) is 4. The highest BCUT2D eigenvalue weighted by Gasteiger charge is 2.42. The van der Waals surface area contributed by atoms with Crippen LogP contribution < -0.4 is 20.3 Å². The number of amides is 1. The summed E-state index contributed by atoms with van der Waals surface area (Å²) in [4.78, 5) is 29.6. The SMILES string of the molecule is COCC(=O)Nc1ccc(N2C(=S)NC(c3ccccn3)C2c2cc(C)n(-c3ccc([N+](=O)[O-])cc3OC)c2C)cc1. The topological polar surface area (TPSA) is 124 Å². The number of thiocarbonyl (C=S) groups is 1. The standard InChI is InChI=1S/C30H30N6O5S/c1-18-15-23(19(2)34(18)25-13-12-22(36(38)39)16-26(25)41-4)29-28(24-7-5-6-14-31-24)33-30(42)35(29)21-10-8-20(9-11-21)32-27(37)17-40-3/h5-16,28-29H,17H2,1-4H3,(H,32,37)(H,33,42). The van der Waals surface area contributed by atoms with Crippen molar-refractivity contribution in [2.24, 2.45) is 0 Å². The van der Waals surface area contributed by atoms with E-state index in [0.717, 1.165) is 28.3 Å². The number of hydrogen-bond acceptors (Lipinski definition) is 7. The molecule has 12 heteroatoms. The lowest BCUT2D eigenvalue weighted by Crippen LogP contribution is -2.29. The van der Waals surface area contributed by atoms with Crippen LogP contribution in [0, 0.1) is 24.0 Å². The van der Waals surface area contributed by atoms with Crippen LogP contribution in [0.5, 0.6) is 5.75 Å². The molecule has 2 aromatic heterocycles. The average molecular weight is 587 g/mol. The van der Waals surface area contributed by atoms with Gasteiger partial charge in [-0.3, -0.25) is 19.9 Å². The number of methoxy groups -OCH3 is 2. The molecule has 0 saturated carbocycles. The van der Waals surface area contributed by atoms with Crippen molar-refractivity contribution in [3.05, 3.63) is 106 Å². The van der Waals surface area contributed by atoms with Crippen LogP contribution in [0.4, 0.5) is 17.1 Å². The molecule has 1 fully saturated rings. The van der Waals surface area contributed by atoms with Gasteiger partial charge in [-0.2, -0.15) is 0 Å². The molecular formula is C30H30N6O5S.